The zero-order chi connectivity index (χ0) is 41.4. The molecule has 4 heterocycles. The summed E-state index contributed by atoms with van der Waals surface area (Å²) in [6.45, 7) is 0. The molecule has 0 N–H and O–H groups in total. The van der Waals surface area contributed by atoms with Gasteiger partial charge in [-0.05, 0) is 104 Å². The molecule has 5 heteroatoms. The van der Waals surface area contributed by atoms with Crippen molar-refractivity contribution >= 4 is 85.2 Å². The molecule has 0 bridgehead atoms. The third kappa shape index (κ3) is 6.08. The van der Waals surface area contributed by atoms with Gasteiger partial charge in [-0.2, -0.15) is 0 Å². The molecule has 0 aliphatic heterocycles. The Labute approximate surface area is 370 Å². The fourth-order valence-electron chi connectivity index (χ4n) is 9.27. The predicted molar refractivity (Wildman–Crippen MR) is 268 cm³/mol. The Hall–Kier alpha value is -7.70. The second kappa shape index (κ2) is 14.5. The van der Waals surface area contributed by atoms with Crippen LogP contribution in [0.3, 0.4) is 0 Å². The Kier molecular flexibility index (Phi) is 8.26. The van der Waals surface area contributed by atoms with Crippen molar-refractivity contribution in [2.75, 3.05) is 0 Å². The van der Waals surface area contributed by atoms with Gasteiger partial charge in [0.05, 0.1) is 11.9 Å². The number of hydrogen-bond donors (Lipinski definition) is 0. The van der Waals surface area contributed by atoms with Crippen LogP contribution in [0.25, 0.3) is 129 Å². The van der Waals surface area contributed by atoms with Crippen molar-refractivity contribution < 1.29 is 4.42 Å². The summed E-state index contributed by atoms with van der Waals surface area (Å²) in [6.07, 6.45) is 1.82. The average Bonchev–Trinajstić information content (AvgIpc) is 4.05. The van der Waals surface area contributed by atoms with E-state index in [9.17, 15) is 0 Å². The minimum Gasteiger partial charge on any atom is -0.436 e. The monoisotopic (exact) mass is 838 g/mol. The highest BCUT2D eigenvalue weighted by Gasteiger charge is 2.16. The Morgan fingerprint density at radius 2 is 0.794 bits per heavy atom. The van der Waals surface area contributed by atoms with Crippen LogP contribution in [0.5, 0.6) is 0 Å². The lowest BCUT2D eigenvalue weighted by atomic mass is 9.95. The minimum absolute atomic E-state index is 0.532. The van der Waals surface area contributed by atoms with E-state index in [2.05, 4.69) is 194 Å². The van der Waals surface area contributed by atoms with E-state index < -0.39 is 0 Å². The van der Waals surface area contributed by atoms with Crippen LogP contribution in [0.2, 0.25) is 0 Å². The third-order valence-corrected chi connectivity index (χ3v) is 14.8. The number of fused-ring (bicyclic) bond motifs is 9. The first-order valence-electron chi connectivity index (χ1n) is 21.1. The van der Waals surface area contributed by atoms with Gasteiger partial charge in [0.15, 0.2) is 0 Å². The molecule has 13 aromatic rings. The van der Waals surface area contributed by atoms with E-state index in [1.54, 1.807) is 0 Å². The second-order valence-corrected chi connectivity index (χ2v) is 18.2. The van der Waals surface area contributed by atoms with E-state index in [1.807, 2.05) is 34.9 Å². The third-order valence-electron chi connectivity index (χ3n) is 12.4. The first kappa shape index (κ1) is 36.0. The molecule has 0 saturated heterocycles. The van der Waals surface area contributed by atoms with E-state index >= 15 is 0 Å². The second-order valence-electron chi connectivity index (χ2n) is 16.1. The number of hydrogen-bond acceptors (Lipinski definition) is 5. The molecule has 0 amide bonds. The van der Waals surface area contributed by atoms with Crippen LogP contribution in [0.4, 0.5) is 0 Å². The SMILES string of the molecule is c1cc(-c2cccc(-c3cccc4c3sc3ccccc34)c2)cc(-c2ccc3oc4ncc(-c5cccc(-c6cccc(-c7cccc8c7sc7ccccc78)c6)c5)nc4c3c2)c1. The van der Waals surface area contributed by atoms with E-state index in [-0.39, 0.29) is 0 Å². The Bertz CT molecular complexity index is 3690. The number of benzene rings is 9. The molecular weight excluding hydrogens is 805 g/mol. The molecule has 0 radical (unpaired) electrons. The van der Waals surface area contributed by atoms with Gasteiger partial charge in [0, 0.05) is 51.3 Å². The first-order chi connectivity index (χ1) is 31.2. The average molecular weight is 839 g/mol. The molecule has 4 aromatic heterocycles. The summed E-state index contributed by atoms with van der Waals surface area (Å²) in [4.78, 5) is 10.00. The number of aromatic nitrogens is 2. The van der Waals surface area contributed by atoms with Crippen LogP contribution in [-0.2, 0) is 0 Å². The lowest BCUT2D eigenvalue weighted by Gasteiger charge is -2.09. The van der Waals surface area contributed by atoms with Crippen molar-refractivity contribution in [1.29, 1.82) is 0 Å². The molecule has 294 valence electrons. The van der Waals surface area contributed by atoms with Crippen molar-refractivity contribution in [2.24, 2.45) is 0 Å². The fraction of sp³-hybridized carbons (Fsp3) is 0. The van der Waals surface area contributed by atoms with E-state index in [0.717, 1.165) is 50.0 Å². The fourth-order valence-corrected chi connectivity index (χ4v) is 11.7. The van der Waals surface area contributed by atoms with E-state index in [4.69, 9.17) is 14.4 Å². The Balaban J connectivity index is 0.829. The molecule has 0 fully saturated rings. The maximum Gasteiger partial charge on any atom is 0.246 e. The van der Waals surface area contributed by atoms with E-state index in [0.29, 0.717) is 5.71 Å². The lowest BCUT2D eigenvalue weighted by molar-refractivity contribution is 0.653. The summed E-state index contributed by atoms with van der Waals surface area (Å²) in [5, 5.41) is 6.19. The van der Waals surface area contributed by atoms with Crippen LogP contribution in [0, 0.1) is 0 Å². The molecule has 0 aliphatic carbocycles. The molecule has 0 unspecified atom stereocenters. The smallest absolute Gasteiger partial charge is 0.246 e. The number of thiophene rings is 2. The van der Waals surface area contributed by atoms with Crippen molar-refractivity contribution in [3.63, 3.8) is 0 Å². The normalized spacial score (nSPS) is 11.8. The highest BCUT2D eigenvalue weighted by atomic mass is 32.1. The van der Waals surface area contributed by atoms with Gasteiger partial charge in [0.1, 0.15) is 11.1 Å². The summed E-state index contributed by atoms with van der Waals surface area (Å²) < 4.78 is 11.5. The van der Waals surface area contributed by atoms with Gasteiger partial charge in [0.2, 0.25) is 5.71 Å². The maximum absolute atomic E-state index is 6.26. The molecule has 9 aromatic carbocycles. The summed E-state index contributed by atoms with van der Waals surface area (Å²) in [7, 11) is 0. The minimum atomic E-state index is 0.532. The molecule has 0 aliphatic rings. The zero-order valence-corrected chi connectivity index (χ0v) is 35.4. The number of rotatable bonds is 6. The van der Waals surface area contributed by atoms with Crippen LogP contribution in [-0.4, -0.2) is 9.97 Å². The van der Waals surface area contributed by atoms with Crippen LogP contribution in [0.1, 0.15) is 0 Å². The summed E-state index contributed by atoms with van der Waals surface area (Å²) in [5.74, 6) is 0. The molecule has 0 atom stereocenters. The van der Waals surface area contributed by atoms with Gasteiger partial charge in [-0.15, -0.1) is 22.7 Å². The molecular formula is C58H34N2OS2. The van der Waals surface area contributed by atoms with Crippen molar-refractivity contribution in [1.82, 2.24) is 9.97 Å². The largest absolute Gasteiger partial charge is 0.436 e. The molecule has 3 nitrogen and oxygen atoms in total. The highest BCUT2D eigenvalue weighted by molar-refractivity contribution is 7.26. The molecule has 0 saturated carbocycles. The van der Waals surface area contributed by atoms with Crippen molar-refractivity contribution in [3.05, 3.63) is 206 Å². The quantitative estimate of drug-likeness (QED) is 0.167. The maximum atomic E-state index is 6.26. The number of furan rings is 1. The van der Waals surface area contributed by atoms with Gasteiger partial charge >= 0.3 is 0 Å². The van der Waals surface area contributed by atoms with Crippen LogP contribution < -0.4 is 0 Å². The standard InChI is InChI=1S/C58H34N2OS2/c1-3-25-53-46(19-1)48-23-9-21-44(56(48)62-53)41-16-6-13-37(30-41)35-11-5-12-36(29-35)40-27-28-52-50(33-40)55-58(61-52)59-34-51(60-55)43-18-8-15-39(32-43)38-14-7-17-42(31-38)45-22-10-24-49-47-20-2-4-26-54(47)63-57(45)49/h1-34H. The van der Waals surface area contributed by atoms with Crippen LogP contribution >= 0.6 is 22.7 Å². The summed E-state index contributed by atoms with van der Waals surface area (Å²) in [6, 6.07) is 72.2. The van der Waals surface area contributed by atoms with E-state index in [1.165, 1.54) is 73.7 Å². The van der Waals surface area contributed by atoms with Crippen molar-refractivity contribution in [3.8, 4) is 66.9 Å². The lowest BCUT2D eigenvalue weighted by Crippen LogP contribution is -1.88. The molecule has 0 spiro atoms. The predicted octanol–water partition coefficient (Wildman–Crippen LogP) is 17.1. The zero-order valence-electron chi connectivity index (χ0n) is 33.7. The summed E-state index contributed by atoms with van der Waals surface area (Å²) in [5.41, 5.74) is 15.7. The van der Waals surface area contributed by atoms with Crippen LogP contribution in [0.15, 0.2) is 211 Å². The topological polar surface area (TPSA) is 38.9 Å². The van der Waals surface area contributed by atoms with Crippen molar-refractivity contribution in [2.45, 2.75) is 0 Å². The van der Waals surface area contributed by atoms with Gasteiger partial charge in [-0.1, -0.05) is 152 Å². The Morgan fingerprint density at radius 3 is 1.37 bits per heavy atom. The van der Waals surface area contributed by atoms with Gasteiger partial charge in [0.25, 0.3) is 0 Å². The van der Waals surface area contributed by atoms with Gasteiger partial charge in [-0.25, -0.2) is 9.97 Å². The first-order valence-corrected chi connectivity index (χ1v) is 22.7. The van der Waals surface area contributed by atoms with Gasteiger partial charge < -0.3 is 4.42 Å². The molecule has 13 rings (SSSR count). The summed E-state index contributed by atoms with van der Waals surface area (Å²) >= 11 is 3.73. The van der Waals surface area contributed by atoms with Gasteiger partial charge in [-0.3, -0.25) is 0 Å². The molecule has 63 heavy (non-hydrogen) atoms. The number of nitrogens with zero attached hydrogens (tertiary/aromatic N) is 2. The Morgan fingerprint density at radius 1 is 0.349 bits per heavy atom. The highest BCUT2D eigenvalue weighted by Crippen LogP contribution is 2.43.